The fourth-order valence-corrected chi connectivity index (χ4v) is 2.78. The van der Waals surface area contributed by atoms with Crippen molar-refractivity contribution in [1.82, 2.24) is 9.38 Å². The van der Waals surface area contributed by atoms with Crippen LogP contribution in [0.25, 0.3) is 4.96 Å². The van der Waals surface area contributed by atoms with Crippen LogP contribution < -0.4 is 9.47 Å². The first-order valence-electron chi connectivity index (χ1n) is 6.57. The molecule has 0 bridgehead atoms. The highest BCUT2D eigenvalue weighted by Gasteiger charge is 2.10. The van der Waals surface area contributed by atoms with E-state index in [4.69, 9.17) is 9.47 Å². The number of rotatable bonds is 5. The van der Waals surface area contributed by atoms with E-state index < -0.39 is 6.10 Å². The third-order valence-corrected chi connectivity index (χ3v) is 3.96. The molecule has 2 heterocycles. The molecule has 1 atom stereocenters. The van der Waals surface area contributed by atoms with Crippen molar-refractivity contribution in [2.24, 2.45) is 0 Å². The van der Waals surface area contributed by atoms with Crippen LogP contribution in [-0.2, 0) is 6.61 Å². The predicted octanol–water partition coefficient (Wildman–Crippen LogP) is 3.04. The average molecular weight is 304 g/mol. The number of benzene rings is 1. The number of hydrogen-bond donors (Lipinski definition) is 1. The molecule has 0 fully saturated rings. The third-order valence-electron chi connectivity index (χ3n) is 3.19. The molecule has 0 aliphatic heterocycles. The molecule has 1 aromatic carbocycles. The van der Waals surface area contributed by atoms with Crippen LogP contribution in [0.3, 0.4) is 0 Å². The number of nitrogens with zero attached hydrogens (tertiary/aromatic N) is 2. The Morgan fingerprint density at radius 2 is 2.24 bits per heavy atom. The van der Waals surface area contributed by atoms with Gasteiger partial charge in [0.05, 0.1) is 18.9 Å². The van der Waals surface area contributed by atoms with E-state index in [0.29, 0.717) is 18.1 Å². The minimum atomic E-state index is -0.534. The molecule has 0 saturated heterocycles. The number of ether oxygens (including phenoxy) is 2. The van der Waals surface area contributed by atoms with E-state index in [1.807, 2.05) is 28.2 Å². The lowest BCUT2D eigenvalue weighted by Gasteiger charge is -2.12. The Bertz CT molecular complexity index is 720. The summed E-state index contributed by atoms with van der Waals surface area (Å²) in [6.07, 6.45) is 3.38. The molecule has 3 rings (SSSR count). The van der Waals surface area contributed by atoms with Crippen LogP contribution in [0.15, 0.2) is 36.0 Å². The standard InChI is InChI=1S/C15H16N2O3S/c1-10(18)11-3-4-13(14(7-11)19-2)20-9-12-8-17-5-6-21-15(17)16-12/h3-8,10,18H,9H2,1-2H3/t10-/m1/s1. The molecule has 110 valence electrons. The summed E-state index contributed by atoms with van der Waals surface area (Å²) < 4.78 is 13.0. The maximum Gasteiger partial charge on any atom is 0.193 e. The molecular formula is C15H16N2O3S. The summed E-state index contributed by atoms with van der Waals surface area (Å²) in [5.41, 5.74) is 1.66. The summed E-state index contributed by atoms with van der Waals surface area (Å²) in [6, 6.07) is 5.42. The Kier molecular flexibility index (Phi) is 3.81. The highest BCUT2D eigenvalue weighted by atomic mass is 32.1. The van der Waals surface area contributed by atoms with Gasteiger partial charge in [-0.1, -0.05) is 6.07 Å². The normalized spacial score (nSPS) is 12.5. The Morgan fingerprint density at radius 3 is 2.95 bits per heavy atom. The maximum absolute atomic E-state index is 9.59. The van der Waals surface area contributed by atoms with E-state index in [0.717, 1.165) is 16.2 Å². The van der Waals surface area contributed by atoms with Gasteiger partial charge in [0.1, 0.15) is 6.61 Å². The summed E-state index contributed by atoms with van der Waals surface area (Å²) >= 11 is 1.59. The van der Waals surface area contributed by atoms with Crippen LogP contribution >= 0.6 is 11.3 Å². The summed E-state index contributed by atoms with van der Waals surface area (Å²) in [7, 11) is 1.58. The van der Waals surface area contributed by atoms with Crippen molar-refractivity contribution < 1.29 is 14.6 Å². The Balaban J connectivity index is 1.76. The molecule has 0 amide bonds. The van der Waals surface area contributed by atoms with Gasteiger partial charge >= 0.3 is 0 Å². The second-order valence-electron chi connectivity index (χ2n) is 4.70. The number of thiazole rings is 1. The molecule has 0 spiro atoms. The van der Waals surface area contributed by atoms with E-state index in [1.54, 1.807) is 37.5 Å². The second-order valence-corrected chi connectivity index (χ2v) is 5.57. The van der Waals surface area contributed by atoms with E-state index in [9.17, 15) is 5.11 Å². The number of fused-ring (bicyclic) bond motifs is 1. The number of aromatic nitrogens is 2. The third kappa shape index (κ3) is 2.86. The molecular weight excluding hydrogens is 288 g/mol. The SMILES string of the molecule is COc1cc([C@@H](C)O)ccc1OCc1cn2ccsc2n1. The lowest BCUT2D eigenvalue weighted by atomic mass is 10.1. The Hall–Kier alpha value is -2.05. The quantitative estimate of drug-likeness (QED) is 0.787. The van der Waals surface area contributed by atoms with Crippen molar-refractivity contribution in [3.05, 3.63) is 47.2 Å². The van der Waals surface area contributed by atoms with Crippen molar-refractivity contribution in [3.8, 4) is 11.5 Å². The fourth-order valence-electron chi connectivity index (χ4n) is 2.06. The van der Waals surface area contributed by atoms with E-state index in [1.165, 1.54) is 0 Å². The maximum atomic E-state index is 9.59. The first-order valence-corrected chi connectivity index (χ1v) is 7.45. The highest BCUT2D eigenvalue weighted by molar-refractivity contribution is 7.15. The van der Waals surface area contributed by atoms with Crippen molar-refractivity contribution >= 4 is 16.3 Å². The molecule has 0 aliphatic carbocycles. The zero-order valence-electron chi connectivity index (χ0n) is 11.8. The summed E-state index contributed by atoms with van der Waals surface area (Å²) in [5, 5.41) is 11.6. The van der Waals surface area contributed by atoms with Gasteiger partial charge in [-0.15, -0.1) is 11.3 Å². The highest BCUT2D eigenvalue weighted by Crippen LogP contribution is 2.30. The molecule has 0 unspecified atom stereocenters. The average Bonchev–Trinajstić information content (AvgIpc) is 3.05. The topological polar surface area (TPSA) is 56.0 Å². The number of aliphatic hydroxyl groups excluding tert-OH is 1. The fraction of sp³-hybridized carbons (Fsp3) is 0.267. The number of aliphatic hydroxyl groups is 1. The van der Waals surface area contributed by atoms with E-state index in [-0.39, 0.29) is 0 Å². The first kappa shape index (κ1) is 13.9. The summed E-state index contributed by atoms with van der Waals surface area (Å²) in [5.74, 6) is 1.24. The van der Waals surface area contributed by atoms with Gasteiger partial charge in [-0.3, -0.25) is 4.40 Å². The molecule has 3 aromatic rings. The van der Waals surface area contributed by atoms with Gasteiger partial charge < -0.3 is 14.6 Å². The van der Waals surface area contributed by atoms with Crippen LogP contribution in [0, 0.1) is 0 Å². The smallest absolute Gasteiger partial charge is 0.193 e. The molecule has 0 saturated carbocycles. The lowest BCUT2D eigenvalue weighted by Crippen LogP contribution is -1.99. The second kappa shape index (κ2) is 5.75. The van der Waals surface area contributed by atoms with Gasteiger partial charge in [-0.2, -0.15) is 0 Å². The van der Waals surface area contributed by atoms with E-state index >= 15 is 0 Å². The van der Waals surface area contributed by atoms with Crippen LogP contribution in [0.5, 0.6) is 11.5 Å². The van der Waals surface area contributed by atoms with Crippen molar-refractivity contribution in [1.29, 1.82) is 0 Å². The minimum absolute atomic E-state index is 0.374. The molecule has 5 nitrogen and oxygen atoms in total. The molecule has 0 aliphatic rings. The summed E-state index contributed by atoms with van der Waals surface area (Å²) in [6.45, 7) is 2.09. The Labute approximate surface area is 126 Å². The monoisotopic (exact) mass is 304 g/mol. The van der Waals surface area contributed by atoms with Gasteiger partial charge in [-0.25, -0.2) is 4.98 Å². The lowest BCUT2D eigenvalue weighted by molar-refractivity contribution is 0.198. The zero-order chi connectivity index (χ0) is 14.8. The van der Waals surface area contributed by atoms with Crippen LogP contribution in [0.1, 0.15) is 24.3 Å². The summed E-state index contributed by atoms with van der Waals surface area (Å²) in [4.78, 5) is 5.41. The van der Waals surface area contributed by atoms with Crippen LogP contribution in [0.2, 0.25) is 0 Å². The van der Waals surface area contributed by atoms with Gasteiger partial charge in [0.15, 0.2) is 16.5 Å². The Morgan fingerprint density at radius 1 is 1.38 bits per heavy atom. The predicted molar refractivity (Wildman–Crippen MR) is 81.0 cm³/mol. The van der Waals surface area contributed by atoms with Crippen LogP contribution in [-0.4, -0.2) is 21.6 Å². The molecule has 2 aromatic heterocycles. The molecule has 6 heteroatoms. The van der Waals surface area contributed by atoms with Gasteiger partial charge in [0, 0.05) is 17.8 Å². The first-order chi connectivity index (χ1) is 10.2. The van der Waals surface area contributed by atoms with Gasteiger partial charge in [0.2, 0.25) is 0 Å². The molecule has 0 radical (unpaired) electrons. The van der Waals surface area contributed by atoms with Gasteiger partial charge in [0.25, 0.3) is 0 Å². The van der Waals surface area contributed by atoms with Crippen LogP contribution in [0.4, 0.5) is 0 Å². The molecule has 1 N–H and O–H groups in total. The molecule has 21 heavy (non-hydrogen) atoms. The van der Waals surface area contributed by atoms with Crippen molar-refractivity contribution in [2.75, 3.05) is 7.11 Å². The largest absolute Gasteiger partial charge is 0.493 e. The van der Waals surface area contributed by atoms with Crippen molar-refractivity contribution in [3.63, 3.8) is 0 Å². The van der Waals surface area contributed by atoms with Gasteiger partial charge in [-0.05, 0) is 24.6 Å². The zero-order valence-corrected chi connectivity index (χ0v) is 12.6. The number of imidazole rings is 1. The van der Waals surface area contributed by atoms with Crippen molar-refractivity contribution in [2.45, 2.75) is 19.6 Å². The minimum Gasteiger partial charge on any atom is -0.493 e. The number of methoxy groups -OCH3 is 1. The number of hydrogen-bond acceptors (Lipinski definition) is 5. The van der Waals surface area contributed by atoms with E-state index in [2.05, 4.69) is 4.98 Å².